The predicted octanol–water partition coefficient (Wildman–Crippen LogP) is 1.59. The number of aliphatic carboxylic acids is 1. The molecular weight excluding hydrogens is 224 g/mol. The van der Waals surface area contributed by atoms with Crippen LogP contribution in [0.3, 0.4) is 0 Å². The molecule has 1 aromatic carbocycles. The second-order valence-electron chi connectivity index (χ2n) is 3.17. The van der Waals surface area contributed by atoms with Crippen LogP contribution in [-0.2, 0) is 16.0 Å². The van der Waals surface area contributed by atoms with Crippen LogP contribution in [0.1, 0.15) is 5.56 Å². The Morgan fingerprint density at radius 2 is 1.65 bits per heavy atom. The minimum absolute atomic E-state index is 0.0135. The summed E-state index contributed by atoms with van der Waals surface area (Å²) in [6.45, 7) is 0. The summed E-state index contributed by atoms with van der Waals surface area (Å²) >= 11 is 0. The van der Waals surface area contributed by atoms with Crippen LogP contribution in [0.25, 0.3) is 0 Å². The van der Waals surface area contributed by atoms with Crippen LogP contribution in [0, 0.1) is 0 Å². The number of hydrogen-bond acceptors (Lipinski definition) is 4. The van der Waals surface area contributed by atoms with Crippen LogP contribution in [-0.4, -0.2) is 39.5 Å². The van der Waals surface area contributed by atoms with Crippen molar-refractivity contribution in [3.8, 4) is 11.5 Å². The van der Waals surface area contributed by atoms with Crippen molar-refractivity contribution in [3.63, 3.8) is 0 Å². The molecule has 1 aromatic rings. The van der Waals surface area contributed by atoms with Gasteiger partial charge in [-0.25, -0.2) is 0 Å². The van der Waals surface area contributed by atoms with Crippen LogP contribution in [0.15, 0.2) is 18.2 Å². The van der Waals surface area contributed by atoms with Crippen molar-refractivity contribution >= 4 is 5.97 Å². The number of benzene rings is 1. The zero-order valence-corrected chi connectivity index (χ0v) is 10.5. The Hall–Kier alpha value is -1.75. The molecule has 0 fully saturated rings. The monoisotopic (exact) mass is 242 g/mol. The Labute approximate surface area is 101 Å². The van der Waals surface area contributed by atoms with Crippen molar-refractivity contribution in [2.45, 2.75) is 6.42 Å². The molecule has 96 valence electrons. The summed E-state index contributed by atoms with van der Waals surface area (Å²) in [4.78, 5) is 10.5. The number of carboxylic acids is 1. The van der Waals surface area contributed by atoms with Crippen LogP contribution >= 0.6 is 0 Å². The van der Waals surface area contributed by atoms with Gasteiger partial charge < -0.3 is 19.3 Å². The van der Waals surface area contributed by atoms with Gasteiger partial charge in [0.25, 0.3) is 0 Å². The highest BCUT2D eigenvalue weighted by molar-refractivity contribution is 5.70. The summed E-state index contributed by atoms with van der Waals surface area (Å²) in [5.41, 5.74) is 0.690. The highest BCUT2D eigenvalue weighted by Gasteiger charge is 2.06. The van der Waals surface area contributed by atoms with E-state index in [1.165, 1.54) is 14.2 Å². The van der Waals surface area contributed by atoms with Gasteiger partial charge in [0.1, 0.15) is 0 Å². The van der Waals surface area contributed by atoms with Gasteiger partial charge in [0.05, 0.1) is 20.6 Å². The molecule has 0 aliphatic carbocycles. The van der Waals surface area contributed by atoms with Gasteiger partial charge in [-0.15, -0.1) is 0 Å². The van der Waals surface area contributed by atoms with E-state index in [1.807, 2.05) is 0 Å². The maximum Gasteiger partial charge on any atom is 0.307 e. The topological polar surface area (TPSA) is 65.0 Å². The number of carboxylic acid groups (broad SMARTS) is 1. The Kier molecular flexibility index (Phi) is 7.54. The van der Waals surface area contributed by atoms with Crippen LogP contribution in [0.5, 0.6) is 11.5 Å². The van der Waals surface area contributed by atoms with Crippen molar-refractivity contribution in [1.29, 1.82) is 0 Å². The normalized spacial score (nSPS) is 8.94. The molecule has 1 N–H and O–H groups in total. The first-order chi connectivity index (χ1) is 8.08. The Morgan fingerprint density at radius 3 is 2.06 bits per heavy atom. The summed E-state index contributed by atoms with van der Waals surface area (Å²) in [5, 5.41) is 8.58. The molecule has 17 heavy (non-hydrogen) atoms. The van der Waals surface area contributed by atoms with Gasteiger partial charge in [-0.3, -0.25) is 4.79 Å². The Bertz CT molecular complexity index is 349. The third kappa shape index (κ3) is 5.77. The number of carbonyl (C=O) groups is 1. The van der Waals surface area contributed by atoms with E-state index in [2.05, 4.69) is 4.74 Å². The molecule has 0 spiro atoms. The quantitative estimate of drug-likeness (QED) is 0.868. The first-order valence-corrected chi connectivity index (χ1v) is 4.91. The molecule has 5 heteroatoms. The molecule has 0 saturated heterocycles. The lowest BCUT2D eigenvalue weighted by molar-refractivity contribution is -0.136. The summed E-state index contributed by atoms with van der Waals surface area (Å²) in [7, 11) is 6.30. The van der Waals surface area contributed by atoms with Crippen molar-refractivity contribution in [2.75, 3.05) is 28.4 Å². The molecule has 0 bridgehead atoms. The molecule has 0 atom stereocenters. The van der Waals surface area contributed by atoms with E-state index in [1.54, 1.807) is 32.4 Å². The number of ether oxygens (including phenoxy) is 3. The lowest BCUT2D eigenvalue weighted by atomic mass is 10.1. The SMILES string of the molecule is COC.COc1ccc(CC(=O)O)cc1OC. The molecule has 0 aliphatic rings. The third-order valence-electron chi connectivity index (χ3n) is 1.80. The van der Waals surface area contributed by atoms with Gasteiger partial charge in [-0.2, -0.15) is 0 Å². The standard InChI is InChI=1S/C10H12O4.C2H6O/c1-13-8-4-3-7(6-10(11)12)5-9(8)14-2;1-3-2/h3-5H,6H2,1-2H3,(H,11,12);1-2H3. The predicted molar refractivity (Wildman–Crippen MR) is 63.8 cm³/mol. The van der Waals surface area contributed by atoms with E-state index >= 15 is 0 Å². The van der Waals surface area contributed by atoms with Crippen molar-refractivity contribution in [3.05, 3.63) is 23.8 Å². The van der Waals surface area contributed by atoms with Gasteiger partial charge in [0, 0.05) is 14.2 Å². The second kappa shape index (κ2) is 8.41. The Morgan fingerprint density at radius 1 is 1.12 bits per heavy atom. The van der Waals surface area contributed by atoms with Crippen molar-refractivity contribution in [1.82, 2.24) is 0 Å². The van der Waals surface area contributed by atoms with Gasteiger partial charge >= 0.3 is 5.97 Å². The number of rotatable bonds is 4. The lowest BCUT2D eigenvalue weighted by Gasteiger charge is -2.08. The van der Waals surface area contributed by atoms with Gasteiger partial charge in [-0.05, 0) is 17.7 Å². The van der Waals surface area contributed by atoms with Crippen LogP contribution in [0.4, 0.5) is 0 Å². The maximum absolute atomic E-state index is 10.5. The minimum Gasteiger partial charge on any atom is -0.493 e. The maximum atomic E-state index is 10.5. The molecule has 0 aromatic heterocycles. The highest BCUT2D eigenvalue weighted by atomic mass is 16.5. The van der Waals surface area contributed by atoms with E-state index in [0.717, 1.165) is 0 Å². The molecular formula is C12H18O5. The zero-order chi connectivity index (χ0) is 13.3. The number of hydrogen-bond donors (Lipinski definition) is 1. The smallest absolute Gasteiger partial charge is 0.307 e. The molecule has 5 nitrogen and oxygen atoms in total. The second-order valence-corrected chi connectivity index (χ2v) is 3.17. The van der Waals surface area contributed by atoms with Gasteiger partial charge in [0.2, 0.25) is 0 Å². The molecule has 1 rings (SSSR count). The fraction of sp³-hybridized carbons (Fsp3) is 0.417. The van der Waals surface area contributed by atoms with E-state index in [0.29, 0.717) is 17.1 Å². The average molecular weight is 242 g/mol. The Balaban J connectivity index is 0.000000770. The molecule has 0 saturated carbocycles. The lowest BCUT2D eigenvalue weighted by Crippen LogP contribution is -2.00. The van der Waals surface area contributed by atoms with Crippen LogP contribution < -0.4 is 9.47 Å². The van der Waals surface area contributed by atoms with E-state index in [-0.39, 0.29) is 6.42 Å². The average Bonchev–Trinajstić information content (AvgIpc) is 2.29. The molecule has 0 unspecified atom stereocenters. The van der Waals surface area contributed by atoms with Crippen molar-refractivity contribution in [2.24, 2.45) is 0 Å². The zero-order valence-electron chi connectivity index (χ0n) is 10.5. The highest BCUT2D eigenvalue weighted by Crippen LogP contribution is 2.27. The largest absolute Gasteiger partial charge is 0.493 e. The van der Waals surface area contributed by atoms with E-state index in [4.69, 9.17) is 14.6 Å². The minimum atomic E-state index is -0.864. The first kappa shape index (κ1) is 15.2. The number of methoxy groups -OCH3 is 3. The van der Waals surface area contributed by atoms with E-state index in [9.17, 15) is 4.79 Å². The summed E-state index contributed by atoms with van der Waals surface area (Å²) in [5.74, 6) is 0.283. The molecule has 0 amide bonds. The fourth-order valence-corrected chi connectivity index (χ4v) is 1.17. The fourth-order valence-electron chi connectivity index (χ4n) is 1.17. The van der Waals surface area contributed by atoms with Crippen molar-refractivity contribution < 1.29 is 24.1 Å². The molecule has 0 radical (unpaired) electrons. The van der Waals surface area contributed by atoms with Gasteiger partial charge in [0.15, 0.2) is 11.5 Å². The van der Waals surface area contributed by atoms with Gasteiger partial charge in [-0.1, -0.05) is 6.07 Å². The van der Waals surface area contributed by atoms with E-state index < -0.39 is 5.97 Å². The summed E-state index contributed by atoms with van der Waals surface area (Å²) < 4.78 is 14.3. The first-order valence-electron chi connectivity index (χ1n) is 4.91. The summed E-state index contributed by atoms with van der Waals surface area (Å²) in [6.07, 6.45) is -0.0135. The molecule has 0 aliphatic heterocycles. The molecule has 0 heterocycles. The third-order valence-corrected chi connectivity index (χ3v) is 1.80. The summed E-state index contributed by atoms with van der Waals surface area (Å²) in [6, 6.07) is 5.06. The van der Waals surface area contributed by atoms with Crippen LogP contribution in [0.2, 0.25) is 0 Å².